The second-order valence-electron chi connectivity index (χ2n) is 7.93. The summed E-state index contributed by atoms with van der Waals surface area (Å²) >= 11 is 0. The zero-order valence-corrected chi connectivity index (χ0v) is 16.2. The molecule has 144 valence electrons. The number of amides is 1. The minimum Gasteiger partial charge on any atom is -0.337 e. The molecule has 0 bridgehead atoms. The first kappa shape index (κ1) is 17.4. The van der Waals surface area contributed by atoms with Crippen LogP contribution in [0.25, 0.3) is 11.2 Å². The third-order valence-electron chi connectivity index (χ3n) is 6.16. The number of carbonyl (C=O) groups is 1. The summed E-state index contributed by atoms with van der Waals surface area (Å²) in [5.74, 6) is 0.0663. The van der Waals surface area contributed by atoms with Gasteiger partial charge in [0.05, 0.1) is 11.9 Å². The lowest BCUT2D eigenvalue weighted by Crippen LogP contribution is -2.40. The van der Waals surface area contributed by atoms with E-state index >= 15 is 0 Å². The zero-order valence-electron chi connectivity index (χ0n) is 16.2. The molecule has 0 spiro atoms. The first-order chi connectivity index (χ1) is 13.7. The summed E-state index contributed by atoms with van der Waals surface area (Å²) in [5.41, 5.74) is 5.18. The summed E-state index contributed by atoms with van der Waals surface area (Å²) in [4.78, 5) is 26.4. The van der Waals surface area contributed by atoms with E-state index in [1.165, 1.54) is 11.1 Å². The van der Waals surface area contributed by atoms with Crippen LogP contribution in [0.15, 0.2) is 42.9 Å². The van der Waals surface area contributed by atoms with Crippen molar-refractivity contribution in [2.45, 2.75) is 25.3 Å². The summed E-state index contributed by atoms with van der Waals surface area (Å²) in [6.45, 7) is 3.56. The Morgan fingerprint density at radius 1 is 1.04 bits per heavy atom. The van der Waals surface area contributed by atoms with Gasteiger partial charge in [0.15, 0.2) is 5.65 Å². The third kappa shape index (κ3) is 3.07. The van der Waals surface area contributed by atoms with Gasteiger partial charge in [-0.3, -0.25) is 9.69 Å². The van der Waals surface area contributed by atoms with E-state index in [0.717, 1.165) is 56.6 Å². The van der Waals surface area contributed by atoms with Crippen LogP contribution in [0.4, 0.5) is 0 Å². The van der Waals surface area contributed by atoms with Gasteiger partial charge in [-0.1, -0.05) is 24.3 Å². The molecule has 1 amide bonds. The van der Waals surface area contributed by atoms with Crippen LogP contribution in [0.1, 0.15) is 27.9 Å². The van der Waals surface area contributed by atoms with Crippen molar-refractivity contribution >= 4 is 17.1 Å². The van der Waals surface area contributed by atoms with E-state index in [1.54, 1.807) is 12.5 Å². The molecule has 1 aromatic carbocycles. The number of rotatable bonds is 2. The van der Waals surface area contributed by atoms with E-state index in [1.807, 2.05) is 22.6 Å². The largest absolute Gasteiger partial charge is 0.337 e. The Labute approximate surface area is 164 Å². The quantitative estimate of drug-likeness (QED) is 0.690. The highest BCUT2D eigenvalue weighted by Crippen LogP contribution is 2.26. The summed E-state index contributed by atoms with van der Waals surface area (Å²) in [7, 11) is 1.91. The normalized spacial score (nSPS) is 18.4. The molecule has 3 heterocycles. The molecule has 3 aromatic rings. The van der Waals surface area contributed by atoms with E-state index in [0.29, 0.717) is 11.6 Å². The van der Waals surface area contributed by atoms with Gasteiger partial charge in [-0.2, -0.15) is 0 Å². The molecule has 2 aliphatic rings. The highest BCUT2D eigenvalue weighted by molar-refractivity contribution is 5.96. The fraction of sp³-hybridized carbons (Fsp3) is 0.409. The number of hydrogen-bond donors (Lipinski definition) is 0. The number of benzene rings is 1. The van der Waals surface area contributed by atoms with Gasteiger partial charge in [0.25, 0.3) is 5.91 Å². The predicted octanol–water partition coefficient (Wildman–Crippen LogP) is 2.28. The van der Waals surface area contributed by atoms with Crippen molar-refractivity contribution in [1.29, 1.82) is 0 Å². The van der Waals surface area contributed by atoms with E-state index in [-0.39, 0.29) is 5.91 Å². The number of hydrogen-bond acceptors (Lipinski definition) is 4. The Morgan fingerprint density at radius 3 is 2.61 bits per heavy atom. The number of aryl methyl sites for hydroxylation is 1. The lowest BCUT2D eigenvalue weighted by Gasteiger charge is -2.27. The maximum Gasteiger partial charge on any atom is 0.255 e. The fourth-order valence-electron chi connectivity index (χ4n) is 4.62. The van der Waals surface area contributed by atoms with Crippen molar-refractivity contribution in [2.75, 3.05) is 26.2 Å². The second kappa shape index (κ2) is 7.02. The van der Waals surface area contributed by atoms with Crippen molar-refractivity contribution in [3.63, 3.8) is 0 Å². The van der Waals surface area contributed by atoms with Gasteiger partial charge < -0.3 is 9.47 Å². The molecular weight excluding hydrogens is 350 g/mol. The van der Waals surface area contributed by atoms with Crippen LogP contribution in [0, 0.1) is 0 Å². The Hall–Kier alpha value is -2.73. The van der Waals surface area contributed by atoms with Gasteiger partial charge in [0, 0.05) is 45.5 Å². The molecule has 2 aromatic heterocycles. The molecule has 28 heavy (non-hydrogen) atoms. The SMILES string of the molecule is Cn1cnc2cc(C(=O)N3CCCN(C4Cc5ccccc5C4)CC3)cnc21. The minimum atomic E-state index is 0.0663. The lowest BCUT2D eigenvalue weighted by molar-refractivity contribution is 0.0758. The summed E-state index contributed by atoms with van der Waals surface area (Å²) in [6, 6.07) is 11.2. The molecule has 0 radical (unpaired) electrons. The van der Waals surface area contributed by atoms with Crippen LogP contribution in [0.5, 0.6) is 0 Å². The molecule has 5 rings (SSSR count). The smallest absolute Gasteiger partial charge is 0.255 e. The number of fused-ring (bicyclic) bond motifs is 2. The molecule has 0 N–H and O–H groups in total. The van der Waals surface area contributed by atoms with Crippen LogP contribution in [-0.4, -0.2) is 62.5 Å². The summed E-state index contributed by atoms with van der Waals surface area (Å²) in [6.07, 6.45) is 6.69. The molecular formula is C22H25N5O. The van der Waals surface area contributed by atoms with Crippen molar-refractivity contribution in [1.82, 2.24) is 24.3 Å². The van der Waals surface area contributed by atoms with Crippen molar-refractivity contribution in [3.8, 4) is 0 Å². The topological polar surface area (TPSA) is 54.3 Å². The number of imidazole rings is 1. The van der Waals surface area contributed by atoms with Crippen molar-refractivity contribution in [3.05, 3.63) is 59.5 Å². The highest BCUT2D eigenvalue weighted by Gasteiger charge is 2.29. The Morgan fingerprint density at radius 2 is 1.82 bits per heavy atom. The first-order valence-electron chi connectivity index (χ1n) is 10.1. The maximum atomic E-state index is 13.0. The zero-order chi connectivity index (χ0) is 19.1. The second-order valence-corrected chi connectivity index (χ2v) is 7.93. The van der Waals surface area contributed by atoms with Crippen molar-refractivity contribution < 1.29 is 4.79 Å². The standard InChI is InChI=1S/C22H25N5O/c1-25-15-24-20-13-18(14-23-21(20)25)22(28)27-8-4-7-26(9-10-27)19-11-16-5-2-3-6-17(16)12-19/h2-3,5-6,13-15,19H,4,7-12H2,1H3. The molecule has 6 heteroatoms. The number of nitrogens with zero attached hydrogens (tertiary/aromatic N) is 5. The third-order valence-corrected chi connectivity index (χ3v) is 6.16. The van der Waals surface area contributed by atoms with Gasteiger partial charge in [0.2, 0.25) is 0 Å². The summed E-state index contributed by atoms with van der Waals surface area (Å²) in [5, 5.41) is 0. The molecule has 1 fully saturated rings. The Kier molecular flexibility index (Phi) is 4.36. The molecule has 1 saturated heterocycles. The molecule has 0 saturated carbocycles. The molecule has 1 aliphatic carbocycles. The summed E-state index contributed by atoms with van der Waals surface area (Å²) < 4.78 is 1.87. The molecule has 0 atom stereocenters. The average Bonchev–Trinajstić information content (AvgIpc) is 3.22. The average molecular weight is 375 g/mol. The monoisotopic (exact) mass is 375 g/mol. The van der Waals surface area contributed by atoms with Gasteiger partial charge in [0.1, 0.15) is 5.52 Å². The van der Waals surface area contributed by atoms with Crippen LogP contribution in [0.3, 0.4) is 0 Å². The number of carbonyl (C=O) groups excluding carboxylic acids is 1. The van der Waals surface area contributed by atoms with E-state index in [4.69, 9.17) is 0 Å². The van der Waals surface area contributed by atoms with Crippen LogP contribution < -0.4 is 0 Å². The van der Waals surface area contributed by atoms with Crippen LogP contribution in [-0.2, 0) is 19.9 Å². The van der Waals surface area contributed by atoms with E-state index in [9.17, 15) is 4.79 Å². The fourth-order valence-corrected chi connectivity index (χ4v) is 4.62. The van der Waals surface area contributed by atoms with Gasteiger partial charge >= 0.3 is 0 Å². The van der Waals surface area contributed by atoms with Crippen LogP contribution in [0.2, 0.25) is 0 Å². The number of pyridine rings is 1. The highest BCUT2D eigenvalue weighted by atomic mass is 16.2. The van der Waals surface area contributed by atoms with Gasteiger partial charge in [-0.05, 0) is 36.5 Å². The van der Waals surface area contributed by atoms with E-state index in [2.05, 4.69) is 39.1 Å². The first-order valence-corrected chi connectivity index (χ1v) is 10.1. The number of aromatic nitrogens is 3. The van der Waals surface area contributed by atoms with Gasteiger partial charge in [-0.25, -0.2) is 9.97 Å². The van der Waals surface area contributed by atoms with Crippen molar-refractivity contribution in [2.24, 2.45) is 7.05 Å². The molecule has 0 unspecified atom stereocenters. The minimum absolute atomic E-state index is 0.0663. The maximum absolute atomic E-state index is 13.0. The Balaban J connectivity index is 1.27. The van der Waals surface area contributed by atoms with Crippen LogP contribution >= 0.6 is 0 Å². The Bertz CT molecular complexity index is 1000. The predicted molar refractivity (Wildman–Crippen MR) is 108 cm³/mol. The lowest BCUT2D eigenvalue weighted by atomic mass is 10.1. The molecule has 1 aliphatic heterocycles. The van der Waals surface area contributed by atoms with E-state index < -0.39 is 0 Å². The molecule has 6 nitrogen and oxygen atoms in total. The van der Waals surface area contributed by atoms with Gasteiger partial charge in [-0.15, -0.1) is 0 Å².